The van der Waals surface area contributed by atoms with Crippen LogP contribution in [0.3, 0.4) is 0 Å². The maximum absolute atomic E-state index is 12.4. The van der Waals surface area contributed by atoms with Crippen LogP contribution in [0.1, 0.15) is 328 Å². The molecule has 0 aliphatic carbocycles. The van der Waals surface area contributed by atoms with Gasteiger partial charge in [-0.15, -0.1) is 0 Å². The van der Waals surface area contributed by atoms with Crippen molar-refractivity contribution in [2.75, 3.05) is 13.2 Å². The molecule has 0 rings (SSSR count). The Hall–Kier alpha value is -2.18. The Morgan fingerprint density at radius 2 is 0.718 bits per heavy atom. The molecule has 71 heavy (non-hydrogen) atoms. The number of amides is 1. The minimum Gasteiger partial charge on any atom is -0.466 e. The summed E-state index contributed by atoms with van der Waals surface area (Å²) in [5.41, 5.74) is 0. The van der Waals surface area contributed by atoms with Crippen LogP contribution >= 0.6 is 0 Å². The molecule has 0 aliphatic rings. The van der Waals surface area contributed by atoms with Crippen molar-refractivity contribution in [2.24, 2.45) is 0 Å². The van der Waals surface area contributed by atoms with E-state index in [0.717, 1.165) is 51.4 Å². The number of hydrogen-bond acceptors (Lipinski definition) is 5. The van der Waals surface area contributed by atoms with E-state index < -0.39 is 12.1 Å². The summed E-state index contributed by atoms with van der Waals surface area (Å²) in [6.45, 7) is 4.86. The highest BCUT2D eigenvalue weighted by Gasteiger charge is 2.18. The number of nitrogens with one attached hydrogen (secondary N) is 1. The van der Waals surface area contributed by atoms with Gasteiger partial charge in [0.1, 0.15) is 0 Å². The van der Waals surface area contributed by atoms with Crippen molar-refractivity contribution in [3.63, 3.8) is 0 Å². The van der Waals surface area contributed by atoms with E-state index in [2.05, 4.69) is 55.6 Å². The smallest absolute Gasteiger partial charge is 0.305 e. The van der Waals surface area contributed by atoms with Gasteiger partial charge >= 0.3 is 5.97 Å². The van der Waals surface area contributed by atoms with Crippen LogP contribution in [0.2, 0.25) is 0 Å². The molecule has 6 nitrogen and oxygen atoms in total. The lowest BCUT2D eigenvalue weighted by Crippen LogP contribution is -2.45. The van der Waals surface area contributed by atoms with Crippen molar-refractivity contribution < 1.29 is 24.5 Å². The summed E-state index contributed by atoms with van der Waals surface area (Å²) in [6, 6.07) is -0.627. The van der Waals surface area contributed by atoms with Gasteiger partial charge in [-0.1, -0.05) is 281 Å². The zero-order valence-corrected chi connectivity index (χ0v) is 47.5. The van der Waals surface area contributed by atoms with E-state index in [1.165, 1.54) is 250 Å². The van der Waals surface area contributed by atoms with E-state index >= 15 is 0 Å². The predicted molar refractivity (Wildman–Crippen MR) is 310 cm³/mol. The molecular weight excluding hydrogens is 875 g/mol. The molecule has 0 bridgehead atoms. The third-order valence-corrected chi connectivity index (χ3v) is 14.3. The Labute approximate surface area is 442 Å². The van der Waals surface area contributed by atoms with E-state index in [0.29, 0.717) is 19.4 Å². The number of hydrogen-bond donors (Lipinski definition) is 3. The maximum atomic E-state index is 12.4. The first-order valence-electron chi connectivity index (χ1n) is 31.4. The summed E-state index contributed by atoms with van der Waals surface area (Å²) in [6.07, 6.45) is 77.4. The van der Waals surface area contributed by atoms with E-state index in [9.17, 15) is 19.8 Å². The topological polar surface area (TPSA) is 95.9 Å². The third kappa shape index (κ3) is 57.0. The molecule has 0 saturated heterocycles. The van der Waals surface area contributed by atoms with Crippen LogP contribution in [-0.4, -0.2) is 47.4 Å². The van der Waals surface area contributed by atoms with Crippen molar-refractivity contribution in [3.05, 3.63) is 48.6 Å². The summed E-state index contributed by atoms with van der Waals surface area (Å²) < 4.78 is 5.46. The van der Waals surface area contributed by atoms with Crippen LogP contribution in [0, 0.1) is 0 Å². The molecule has 0 saturated carbocycles. The summed E-state index contributed by atoms with van der Waals surface area (Å²) >= 11 is 0. The van der Waals surface area contributed by atoms with Crippen molar-refractivity contribution in [2.45, 2.75) is 341 Å². The Morgan fingerprint density at radius 3 is 1.13 bits per heavy atom. The van der Waals surface area contributed by atoms with Crippen LogP contribution in [0.5, 0.6) is 0 Å². The largest absolute Gasteiger partial charge is 0.466 e. The second-order valence-electron chi connectivity index (χ2n) is 21.4. The molecule has 0 aromatic carbocycles. The molecule has 6 heteroatoms. The van der Waals surface area contributed by atoms with Crippen molar-refractivity contribution in [1.82, 2.24) is 5.32 Å². The molecule has 0 aromatic heterocycles. The summed E-state index contributed by atoms with van der Waals surface area (Å²) in [7, 11) is 0. The molecule has 0 spiro atoms. The van der Waals surface area contributed by atoms with Crippen LogP contribution < -0.4 is 5.32 Å². The molecule has 2 unspecified atom stereocenters. The fourth-order valence-electron chi connectivity index (χ4n) is 9.47. The minimum atomic E-state index is -0.843. The number of ether oxygens (including phenoxy) is 1. The van der Waals surface area contributed by atoms with E-state index in [4.69, 9.17) is 4.74 Å². The van der Waals surface area contributed by atoms with Gasteiger partial charge in [0.15, 0.2) is 0 Å². The highest BCUT2D eigenvalue weighted by Crippen LogP contribution is 2.17. The van der Waals surface area contributed by atoms with Crippen molar-refractivity contribution >= 4 is 11.9 Å². The van der Waals surface area contributed by atoms with Gasteiger partial charge in [0, 0.05) is 12.8 Å². The number of esters is 1. The Balaban J connectivity index is 3.41. The number of aliphatic hydroxyl groups is 2. The van der Waals surface area contributed by atoms with Gasteiger partial charge in [-0.3, -0.25) is 9.59 Å². The monoisotopic (exact) mass is 996 g/mol. The van der Waals surface area contributed by atoms with Crippen molar-refractivity contribution in [3.8, 4) is 0 Å². The molecule has 0 fully saturated rings. The van der Waals surface area contributed by atoms with Crippen molar-refractivity contribution in [1.29, 1.82) is 0 Å². The normalized spacial score (nSPS) is 12.9. The highest BCUT2D eigenvalue weighted by molar-refractivity contribution is 5.76. The fourth-order valence-corrected chi connectivity index (χ4v) is 9.47. The fraction of sp³-hybridized carbons (Fsp3) is 0.846. The second-order valence-corrected chi connectivity index (χ2v) is 21.4. The molecule has 1 amide bonds. The van der Waals surface area contributed by atoms with Gasteiger partial charge in [0.2, 0.25) is 5.91 Å². The van der Waals surface area contributed by atoms with Gasteiger partial charge in [-0.2, -0.15) is 0 Å². The lowest BCUT2D eigenvalue weighted by Gasteiger charge is -2.20. The number of unbranched alkanes of at least 4 members (excludes halogenated alkanes) is 41. The molecule has 0 radical (unpaired) electrons. The lowest BCUT2D eigenvalue weighted by molar-refractivity contribution is -0.143. The lowest BCUT2D eigenvalue weighted by atomic mass is 10.0. The molecule has 3 N–H and O–H groups in total. The maximum Gasteiger partial charge on any atom is 0.305 e. The SMILES string of the molecule is CCCC/C=C\CCCCCCCC(=O)OCCCCCCCCCCC/C=C\C/C=C\CCCCCCCCCCCCCCCCCC(=O)NC(CO)C(O)/C=C/CCCCCCCCCCCC. The Kier molecular flexibility index (Phi) is 58.5. The van der Waals surface area contributed by atoms with Crippen LogP contribution in [-0.2, 0) is 14.3 Å². The van der Waals surface area contributed by atoms with Gasteiger partial charge in [-0.05, 0) is 83.5 Å². The summed E-state index contributed by atoms with van der Waals surface area (Å²) in [4.78, 5) is 24.4. The van der Waals surface area contributed by atoms with Gasteiger partial charge in [-0.25, -0.2) is 0 Å². The molecule has 2 atom stereocenters. The van der Waals surface area contributed by atoms with Gasteiger partial charge in [0.05, 0.1) is 25.4 Å². The zero-order valence-electron chi connectivity index (χ0n) is 47.5. The third-order valence-electron chi connectivity index (χ3n) is 14.3. The summed E-state index contributed by atoms with van der Waals surface area (Å²) in [5.74, 6) is -0.0665. The Morgan fingerprint density at radius 1 is 0.394 bits per heavy atom. The number of allylic oxidation sites excluding steroid dienone is 7. The number of carbonyl (C=O) groups excluding carboxylic acids is 2. The second kappa shape index (κ2) is 60.4. The quantitative estimate of drug-likeness (QED) is 0.0321. The average Bonchev–Trinajstić information content (AvgIpc) is 3.37. The number of carbonyl (C=O) groups is 2. The van der Waals surface area contributed by atoms with E-state index in [-0.39, 0.29) is 18.5 Å². The first kappa shape index (κ1) is 68.8. The minimum absolute atomic E-state index is 0.00131. The molecule has 0 aromatic rings. The van der Waals surface area contributed by atoms with Gasteiger partial charge in [0.25, 0.3) is 0 Å². The standard InChI is InChI=1S/C65H121NO5/c1-3-5-7-9-11-13-15-38-41-45-49-53-57-63(68)62(61-67)66-64(69)58-54-50-46-42-39-35-33-31-29-27-25-23-21-19-17-16-18-20-22-24-26-28-30-32-34-36-40-44-48-52-56-60-71-65(70)59-55-51-47-43-37-14-12-10-8-6-4-2/h10,12,18,20,24,26,53,57,62-63,67-68H,3-9,11,13-17,19,21-23,25,27-52,54-56,58-61H2,1-2H3,(H,66,69)/b12-10-,20-18-,26-24-,57-53+. The zero-order chi connectivity index (χ0) is 51.4. The molecule has 0 aliphatic heterocycles. The Bertz CT molecular complexity index is 1190. The van der Waals surface area contributed by atoms with E-state index in [1.54, 1.807) is 6.08 Å². The van der Waals surface area contributed by atoms with Gasteiger partial charge < -0.3 is 20.3 Å². The summed E-state index contributed by atoms with van der Waals surface area (Å²) in [5, 5.41) is 23.1. The van der Waals surface area contributed by atoms with Crippen LogP contribution in [0.25, 0.3) is 0 Å². The first-order valence-corrected chi connectivity index (χ1v) is 31.4. The number of aliphatic hydroxyl groups excluding tert-OH is 2. The average molecular weight is 997 g/mol. The van der Waals surface area contributed by atoms with Crippen LogP contribution in [0.15, 0.2) is 48.6 Å². The number of rotatable bonds is 58. The molecular formula is C65H121NO5. The first-order chi connectivity index (χ1) is 35.0. The van der Waals surface area contributed by atoms with E-state index in [1.807, 2.05) is 6.08 Å². The molecule has 416 valence electrons. The highest BCUT2D eigenvalue weighted by atomic mass is 16.5. The van der Waals surface area contributed by atoms with Crippen LogP contribution in [0.4, 0.5) is 0 Å². The molecule has 0 heterocycles. The predicted octanol–water partition coefficient (Wildman–Crippen LogP) is 19.7.